The maximum Gasteiger partial charge on any atom is 0.251 e. The first-order valence-electron chi connectivity index (χ1n) is 9.51. The summed E-state index contributed by atoms with van der Waals surface area (Å²) in [5, 5.41) is 31.9. The van der Waals surface area contributed by atoms with Crippen LogP contribution in [-0.4, -0.2) is 75.2 Å². The van der Waals surface area contributed by atoms with E-state index in [1.165, 1.54) is 0 Å². The number of carbonyl (C=O) groups excluding carboxylic acids is 1. The third kappa shape index (κ3) is 4.19. The van der Waals surface area contributed by atoms with Crippen molar-refractivity contribution in [1.29, 1.82) is 0 Å². The summed E-state index contributed by atoms with van der Waals surface area (Å²) in [7, 11) is 3.90. The van der Waals surface area contributed by atoms with Crippen molar-refractivity contribution in [3.05, 3.63) is 35.7 Å². The van der Waals surface area contributed by atoms with Gasteiger partial charge in [-0.1, -0.05) is 5.21 Å². The topological polar surface area (TPSA) is 122 Å². The molecule has 1 aromatic carbocycles. The van der Waals surface area contributed by atoms with E-state index in [-0.39, 0.29) is 18.6 Å². The van der Waals surface area contributed by atoms with Gasteiger partial charge in [-0.15, -0.1) is 5.10 Å². The number of rotatable bonds is 6. The number of hydrogen-bond donors (Lipinski definition) is 3. The molecule has 2 aliphatic rings. The van der Waals surface area contributed by atoms with Gasteiger partial charge in [-0.25, -0.2) is 0 Å². The van der Waals surface area contributed by atoms with E-state index in [1.807, 2.05) is 25.2 Å². The van der Waals surface area contributed by atoms with Gasteiger partial charge in [0.15, 0.2) is 11.5 Å². The monoisotopic (exact) mass is 403 g/mol. The van der Waals surface area contributed by atoms with E-state index in [4.69, 9.17) is 9.47 Å². The highest BCUT2D eigenvalue weighted by molar-refractivity contribution is 5.95. The van der Waals surface area contributed by atoms with Gasteiger partial charge in [0.2, 0.25) is 6.79 Å². The summed E-state index contributed by atoms with van der Waals surface area (Å²) in [4.78, 5) is 14.6. The summed E-state index contributed by atoms with van der Waals surface area (Å²) < 4.78 is 12.2. The van der Waals surface area contributed by atoms with Gasteiger partial charge in [-0.2, -0.15) is 0 Å². The number of ether oxygens (including phenoxy) is 2. The van der Waals surface area contributed by atoms with Gasteiger partial charge in [0.05, 0.1) is 17.8 Å². The van der Waals surface area contributed by atoms with Crippen molar-refractivity contribution in [2.45, 2.75) is 37.8 Å². The molecule has 1 amide bonds. The number of nitrogens with one attached hydrogen (secondary N) is 1. The normalized spacial score (nSPS) is 25.6. The van der Waals surface area contributed by atoms with Crippen molar-refractivity contribution in [2.75, 3.05) is 20.9 Å². The number of carbonyl (C=O) groups is 1. The van der Waals surface area contributed by atoms with E-state index in [9.17, 15) is 15.0 Å². The summed E-state index contributed by atoms with van der Waals surface area (Å²) >= 11 is 0. The molecule has 4 atom stereocenters. The fourth-order valence-corrected chi connectivity index (χ4v) is 3.80. The quantitative estimate of drug-likeness (QED) is 0.596. The SMILES string of the molecule is CN(C)Cc1cn(CC2CC(NC(=O)c3ccc4c(c3)OCO4)C(O)C2O)nn1. The van der Waals surface area contributed by atoms with Crippen molar-refractivity contribution < 1.29 is 24.5 Å². The predicted octanol–water partition coefficient (Wildman–Crippen LogP) is -0.391. The summed E-state index contributed by atoms with van der Waals surface area (Å²) in [6, 6.07) is 4.36. The van der Waals surface area contributed by atoms with Crippen LogP contribution in [0, 0.1) is 5.92 Å². The maximum atomic E-state index is 12.6. The number of nitrogens with zero attached hydrogens (tertiary/aromatic N) is 4. The van der Waals surface area contributed by atoms with Crippen LogP contribution in [0.5, 0.6) is 11.5 Å². The zero-order chi connectivity index (χ0) is 20.5. The summed E-state index contributed by atoms with van der Waals surface area (Å²) in [6.07, 6.45) is 0.250. The molecule has 0 bridgehead atoms. The lowest BCUT2D eigenvalue weighted by Gasteiger charge is -2.18. The Morgan fingerprint density at radius 1 is 1.28 bits per heavy atom. The van der Waals surface area contributed by atoms with Gasteiger partial charge >= 0.3 is 0 Å². The number of hydrogen-bond acceptors (Lipinski definition) is 8. The van der Waals surface area contributed by atoms with Crippen molar-refractivity contribution in [1.82, 2.24) is 25.2 Å². The minimum atomic E-state index is -1.05. The first-order valence-corrected chi connectivity index (χ1v) is 9.51. The molecule has 2 aromatic rings. The van der Waals surface area contributed by atoms with Gasteiger partial charge in [-0.05, 0) is 38.7 Å². The third-order valence-corrected chi connectivity index (χ3v) is 5.24. The van der Waals surface area contributed by atoms with Crippen LogP contribution in [-0.2, 0) is 13.1 Å². The smallest absolute Gasteiger partial charge is 0.251 e. The molecule has 0 spiro atoms. The zero-order valence-corrected chi connectivity index (χ0v) is 16.4. The Morgan fingerprint density at radius 3 is 2.86 bits per heavy atom. The molecular formula is C19H25N5O5. The Balaban J connectivity index is 1.38. The van der Waals surface area contributed by atoms with Crippen LogP contribution >= 0.6 is 0 Å². The molecule has 4 rings (SSSR count). The van der Waals surface area contributed by atoms with E-state index in [0.29, 0.717) is 36.6 Å². The van der Waals surface area contributed by atoms with Crippen LogP contribution in [0.1, 0.15) is 22.5 Å². The number of amides is 1. The lowest BCUT2D eigenvalue weighted by atomic mass is 10.1. The first-order chi connectivity index (χ1) is 13.9. The fraction of sp³-hybridized carbons (Fsp3) is 0.526. The second kappa shape index (κ2) is 7.97. The maximum absolute atomic E-state index is 12.6. The van der Waals surface area contributed by atoms with Crippen molar-refractivity contribution in [3.63, 3.8) is 0 Å². The summed E-state index contributed by atoms with van der Waals surface area (Å²) in [6.45, 7) is 1.22. The van der Waals surface area contributed by atoms with Crippen LogP contribution in [0.3, 0.4) is 0 Å². The molecule has 10 heteroatoms. The molecular weight excluding hydrogens is 378 g/mol. The molecule has 29 heavy (non-hydrogen) atoms. The van der Waals surface area contributed by atoms with E-state index in [1.54, 1.807) is 22.9 Å². The van der Waals surface area contributed by atoms with Gasteiger partial charge in [0.25, 0.3) is 5.91 Å². The highest BCUT2D eigenvalue weighted by atomic mass is 16.7. The van der Waals surface area contributed by atoms with Crippen molar-refractivity contribution in [2.24, 2.45) is 5.92 Å². The number of fused-ring (bicyclic) bond motifs is 1. The molecule has 0 radical (unpaired) electrons. The Bertz CT molecular complexity index is 886. The van der Waals surface area contributed by atoms with Crippen LogP contribution < -0.4 is 14.8 Å². The minimum Gasteiger partial charge on any atom is -0.454 e. The van der Waals surface area contributed by atoms with Crippen LogP contribution in [0.15, 0.2) is 24.4 Å². The van der Waals surface area contributed by atoms with E-state index in [0.717, 1.165) is 5.69 Å². The highest BCUT2D eigenvalue weighted by Gasteiger charge is 2.42. The Morgan fingerprint density at radius 2 is 2.07 bits per heavy atom. The van der Waals surface area contributed by atoms with Crippen LogP contribution in [0.4, 0.5) is 0 Å². The summed E-state index contributed by atoms with van der Waals surface area (Å²) in [5.41, 5.74) is 1.24. The van der Waals surface area contributed by atoms with Crippen molar-refractivity contribution >= 4 is 5.91 Å². The van der Waals surface area contributed by atoms with Crippen molar-refractivity contribution in [3.8, 4) is 11.5 Å². The second-order valence-corrected chi connectivity index (χ2v) is 7.79. The molecule has 2 heterocycles. The molecule has 4 unspecified atom stereocenters. The third-order valence-electron chi connectivity index (χ3n) is 5.24. The molecule has 1 saturated carbocycles. The van der Waals surface area contributed by atoms with E-state index >= 15 is 0 Å². The standard InChI is InChI=1S/C19H25N5O5/c1-23(2)8-13-9-24(22-21-13)7-12-5-14(18(26)17(12)25)20-19(27)11-3-4-15-16(6-11)29-10-28-15/h3-4,6,9,12,14,17-18,25-26H,5,7-8,10H2,1-2H3,(H,20,27). The van der Waals surface area contributed by atoms with E-state index in [2.05, 4.69) is 15.6 Å². The Labute approximate surface area is 168 Å². The largest absolute Gasteiger partial charge is 0.454 e. The number of aliphatic hydroxyl groups excluding tert-OH is 2. The van der Waals surface area contributed by atoms with E-state index < -0.39 is 18.2 Å². The second-order valence-electron chi connectivity index (χ2n) is 7.79. The predicted molar refractivity (Wildman–Crippen MR) is 101 cm³/mol. The average molecular weight is 403 g/mol. The molecule has 1 aliphatic carbocycles. The Kier molecular flexibility index (Phi) is 5.39. The minimum absolute atomic E-state index is 0.133. The molecule has 1 aliphatic heterocycles. The highest BCUT2D eigenvalue weighted by Crippen LogP contribution is 2.33. The van der Waals surface area contributed by atoms with Gasteiger partial charge < -0.3 is 29.9 Å². The molecule has 1 aromatic heterocycles. The fourth-order valence-electron chi connectivity index (χ4n) is 3.80. The molecule has 3 N–H and O–H groups in total. The molecule has 1 fully saturated rings. The van der Waals surface area contributed by atoms with Crippen LogP contribution in [0.2, 0.25) is 0 Å². The zero-order valence-electron chi connectivity index (χ0n) is 16.4. The number of aliphatic hydroxyl groups is 2. The lowest BCUT2D eigenvalue weighted by Crippen LogP contribution is -2.43. The molecule has 0 saturated heterocycles. The first kappa shape index (κ1) is 19.6. The van der Waals surface area contributed by atoms with Crippen LogP contribution in [0.25, 0.3) is 0 Å². The molecule has 156 valence electrons. The van der Waals surface area contributed by atoms with Gasteiger partial charge in [0.1, 0.15) is 6.10 Å². The lowest BCUT2D eigenvalue weighted by molar-refractivity contribution is 0.00761. The Hall–Kier alpha value is -2.69. The number of aromatic nitrogens is 3. The van der Waals surface area contributed by atoms with Gasteiger partial charge in [0, 0.05) is 30.8 Å². The number of benzene rings is 1. The average Bonchev–Trinajstić information content (AvgIpc) is 3.38. The molecule has 10 nitrogen and oxygen atoms in total. The summed E-state index contributed by atoms with van der Waals surface area (Å²) in [5.74, 6) is 0.525. The van der Waals surface area contributed by atoms with Gasteiger partial charge in [-0.3, -0.25) is 9.48 Å².